The Morgan fingerprint density at radius 3 is 2.76 bits per heavy atom. The zero-order valence-corrected chi connectivity index (χ0v) is 9.44. The summed E-state index contributed by atoms with van der Waals surface area (Å²) < 4.78 is 11.2. The van der Waals surface area contributed by atoms with E-state index in [2.05, 4.69) is 4.99 Å². The number of nitrogens with zero attached hydrogens (tertiary/aromatic N) is 1. The van der Waals surface area contributed by atoms with Crippen molar-refractivity contribution in [2.45, 2.75) is 24.8 Å². The summed E-state index contributed by atoms with van der Waals surface area (Å²) in [6.07, 6.45) is 4.53. The maximum absolute atomic E-state index is 10.6. The van der Waals surface area contributed by atoms with Gasteiger partial charge in [-0.25, -0.2) is 4.79 Å². The van der Waals surface area contributed by atoms with Gasteiger partial charge in [0, 0.05) is 5.56 Å². The number of hydrogen-bond donors (Lipinski definition) is 0. The summed E-state index contributed by atoms with van der Waals surface area (Å²) >= 11 is 0. The number of para-hydroxylation sites is 1. The highest BCUT2D eigenvalue weighted by Crippen LogP contribution is 2.50. The third-order valence-electron chi connectivity index (χ3n) is 3.51. The lowest BCUT2D eigenvalue weighted by Gasteiger charge is -2.38. The molecule has 0 N–H and O–H groups in total. The average Bonchev–Trinajstić information content (AvgIpc) is 2.33. The zero-order chi connectivity index (χ0) is 11.7. The molecule has 4 heteroatoms. The summed E-state index contributed by atoms with van der Waals surface area (Å²) in [5.41, 5.74) is 0.539. The van der Waals surface area contributed by atoms with Gasteiger partial charge in [0.25, 0.3) is 0 Å². The van der Waals surface area contributed by atoms with E-state index in [1.165, 1.54) is 0 Å². The number of benzene rings is 1. The topological polar surface area (TPSA) is 47.9 Å². The number of isocyanates is 1. The summed E-state index contributed by atoms with van der Waals surface area (Å²) in [7, 11) is 0. The van der Waals surface area contributed by atoms with Gasteiger partial charge in [0.15, 0.2) is 11.5 Å². The molecule has 1 saturated carbocycles. The molecular weight excluding hydrogens is 218 g/mol. The molecule has 0 unspecified atom stereocenters. The number of ether oxygens (including phenoxy) is 2. The van der Waals surface area contributed by atoms with E-state index < -0.39 is 5.54 Å². The second kappa shape index (κ2) is 3.90. The quantitative estimate of drug-likeness (QED) is 0.579. The molecule has 0 bridgehead atoms. The molecule has 88 valence electrons. The molecule has 2 aliphatic rings. The van der Waals surface area contributed by atoms with Gasteiger partial charge in [-0.05, 0) is 25.3 Å². The minimum absolute atomic E-state index is 0.423. The molecule has 1 aliphatic carbocycles. The molecule has 0 radical (unpaired) electrons. The molecule has 3 rings (SSSR count). The Kier molecular flexibility index (Phi) is 2.37. The molecule has 1 fully saturated rings. The smallest absolute Gasteiger partial charge is 0.235 e. The summed E-state index contributed by atoms with van der Waals surface area (Å²) in [5.74, 6) is 1.50. The molecule has 0 spiro atoms. The Balaban J connectivity index is 2.10. The van der Waals surface area contributed by atoms with Crippen molar-refractivity contribution in [1.29, 1.82) is 0 Å². The van der Waals surface area contributed by atoms with Gasteiger partial charge in [-0.1, -0.05) is 12.1 Å². The molecule has 0 amide bonds. The summed E-state index contributed by atoms with van der Waals surface area (Å²) in [4.78, 5) is 14.6. The van der Waals surface area contributed by atoms with Crippen LogP contribution in [0.5, 0.6) is 11.5 Å². The van der Waals surface area contributed by atoms with E-state index in [1.807, 2.05) is 18.2 Å². The Hall–Kier alpha value is -1.80. The van der Waals surface area contributed by atoms with Gasteiger partial charge in [0.05, 0.1) is 0 Å². The molecule has 17 heavy (non-hydrogen) atoms. The van der Waals surface area contributed by atoms with Gasteiger partial charge in [-0.3, -0.25) is 0 Å². The van der Waals surface area contributed by atoms with Crippen LogP contribution in [0.4, 0.5) is 0 Å². The predicted molar refractivity (Wildman–Crippen MR) is 61.1 cm³/mol. The van der Waals surface area contributed by atoms with Crippen molar-refractivity contribution in [3.8, 4) is 11.5 Å². The molecule has 0 atom stereocenters. The molecule has 0 aromatic heterocycles. The molecule has 1 heterocycles. The second-order valence-electron chi connectivity index (χ2n) is 4.42. The van der Waals surface area contributed by atoms with Crippen LogP contribution in [0.15, 0.2) is 23.2 Å². The van der Waals surface area contributed by atoms with Crippen molar-refractivity contribution >= 4 is 6.08 Å². The van der Waals surface area contributed by atoms with E-state index >= 15 is 0 Å². The highest BCUT2D eigenvalue weighted by Gasteiger charge is 2.42. The molecule has 4 nitrogen and oxygen atoms in total. The number of rotatable bonds is 2. The normalized spacial score (nSPS) is 20.0. The van der Waals surface area contributed by atoms with E-state index in [-0.39, 0.29) is 0 Å². The second-order valence-corrected chi connectivity index (χ2v) is 4.42. The summed E-state index contributed by atoms with van der Waals surface area (Å²) in [5, 5.41) is 0. The summed E-state index contributed by atoms with van der Waals surface area (Å²) in [6.45, 7) is 1.12. The first-order chi connectivity index (χ1) is 8.36. The van der Waals surface area contributed by atoms with E-state index in [0.717, 1.165) is 36.3 Å². The largest absolute Gasteiger partial charge is 0.486 e. The van der Waals surface area contributed by atoms with Gasteiger partial charge in [0.1, 0.15) is 18.8 Å². The maximum Gasteiger partial charge on any atom is 0.235 e. The van der Waals surface area contributed by atoms with Crippen LogP contribution in [0, 0.1) is 0 Å². The highest BCUT2D eigenvalue weighted by atomic mass is 16.6. The first-order valence-electron chi connectivity index (χ1n) is 5.84. The van der Waals surface area contributed by atoms with Crippen molar-refractivity contribution in [1.82, 2.24) is 0 Å². The average molecular weight is 231 g/mol. The van der Waals surface area contributed by atoms with Crippen molar-refractivity contribution in [2.24, 2.45) is 4.99 Å². The lowest BCUT2D eigenvalue weighted by molar-refractivity contribution is 0.160. The van der Waals surface area contributed by atoms with Crippen molar-refractivity contribution < 1.29 is 14.3 Å². The van der Waals surface area contributed by atoms with Crippen LogP contribution in [-0.4, -0.2) is 19.3 Å². The van der Waals surface area contributed by atoms with Crippen LogP contribution < -0.4 is 9.47 Å². The fourth-order valence-corrected chi connectivity index (χ4v) is 2.48. The van der Waals surface area contributed by atoms with E-state index in [9.17, 15) is 4.79 Å². The van der Waals surface area contributed by atoms with Crippen LogP contribution in [0.2, 0.25) is 0 Å². The van der Waals surface area contributed by atoms with Crippen LogP contribution in [0.3, 0.4) is 0 Å². The Morgan fingerprint density at radius 2 is 2.06 bits per heavy atom. The SMILES string of the molecule is O=C=NC1(c2cccc3c2OCCO3)CCC1. The summed E-state index contributed by atoms with van der Waals surface area (Å²) in [6, 6.07) is 5.77. The minimum atomic E-state index is -0.423. The van der Waals surface area contributed by atoms with Crippen molar-refractivity contribution in [3.63, 3.8) is 0 Å². The van der Waals surface area contributed by atoms with Crippen LogP contribution in [-0.2, 0) is 10.3 Å². The number of hydrogen-bond acceptors (Lipinski definition) is 4. The molecular formula is C13H13NO3. The highest BCUT2D eigenvalue weighted by molar-refractivity contribution is 5.53. The fraction of sp³-hybridized carbons (Fsp3) is 0.462. The molecule has 0 saturated heterocycles. The van der Waals surface area contributed by atoms with Crippen molar-refractivity contribution in [2.75, 3.05) is 13.2 Å². The minimum Gasteiger partial charge on any atom is -0.486 e. The Labute approximate surface area is 99.3 Å². The lowest BCUT2D eigenvalue weighted by Crippen LogP contribution is -2.33. The monoisotopic (exact) mass is 231 g/mol. The van der Waals surface area contributed by atoms with Gasteiger partial charge in [0.2, 0.25) is 6.08 Å². The third-order valence-corrected chi connectivity index (χ3v) is 3.51. The standard InChI is InChI=1S/C13H13NO3/c15-9-14-13(5-2-6-13)10-3-1-4-11-12(10)17-8-7-16-11/h1,3-4H,2,5-8H2. The third kappa shape index (κ3) is 1.53. The van der Waals surface area contributed by atoms with E-state index in [4.69, 9.17) is 9.47 Å². The lowest BCUT2D eigenvalue weighted by atomic mass is 9.72. The molecule has 1 aromatic rings. The van der Waals surface area contributed by atoms with Crippen LogP contribution >= 0.6 is 0 Å². The van der Waals surface area contributed by atoms with Gasteiger partial charge < -0.3 is 9.47 Å². The van der Waals surface area contributed by atoms with Crippen LogP contribution in [0.1, 0.15) is 24.8 Å². The van der Waals surface area contributed by atoms with Gasteiger partial charge in [-0.15, -0.1) is 0 Å². The zero-order valence-electron chi connectivity index (χ0n) is 9.44. The Bertz CT molecular complexity index is 487. The molecule has 1 aromatic carbocycles. The Morgan fingerprint density at radius 1 is 1.24 bits per heavy atom. The first kappa shape index (κ1) is 10.4. The van der Waals surface area contributed by atoms with Crippen LogP contribution in [0.25, 0.3) is 0 Å². The van der Waals surface area contributed by atoms with Crippen molar-refractivity contribution in [3.05, 3.63) is 23.8 Å². The number of carbonyl (C=O) groups excluding carboxylic acids is 1. The number of fused-ring (bicyclic) bond motifs is 1. The first-order valence-corrected chi connectivity index (χ1v) is 5.84. The fourth-order valence-electron chi connectivity index (χ4n) is 2.48. The number of aliphatic imine (C=N–C) groups is 1. The van der Waals surface area contributed by atoms with E-state index in [1.54, 1.807) is 6.08 Å². The van der Waals surface area contributed by atoms with Gasteiger partial charge in [-0.2, -0.15) is 4.99 Å². The van der Waals surface area contributed by atoms with Gasteiger partial charge >= 0.3 is 0 Å². The maximum atomic E-state index is 10.6. The van der Waals surface area contributed by atoms with E-state index in [0.29, 0.717) is 13.2 Å². The molecule has 1 aliphatic heterocycles. The predicted octanol–water partition coefficient (Wildman–Crippen LogP) is 2.17.